The van der Waals surface area contributed by atoms with E-state index in [2.05, 4.69) is 198 Å². The molecular formula is C44H34BN3Si. The number of anilines is 8. The number of hydrogen-bond acceptors (Lipinski definition) is 3. The average molecular weight is 644 g/mol. The molecule has 3 aliphatic rings. The summed E-state index contributed by atoms with van der Waals surface area (Å²) in [6.07, 6.45) is 0. The van der Waals surface area contributed by atoms with Crippen molar-refractivity contribution >= 4 is 81.7 Å². The van der Waals surface area contributed by atoms with E-state index in [9.17, 15) is 0 Å². The van der Waals surface area contributed by atoms with Crippen LogP contribution in [0.5, 0.6) is 0 Å². The lowest BCUT2D eigenvalue weighted by Crippen LogP contribution is -2.68. The molecule has 0 atom stereocenters. The van der Waals surface area contributed by atoms with E-state index in [0.29, 0.717) is 0 Å². The molecular weight excluding hydrogens is 609 g/mol. The minimum atomic E-state index is -2.01. The predicted molar refractivity (Wildman–Crippen MR) is 212 cm³/mol. The second-order valence-electron chi connectivity index (χ2n) is 13.8. The summed E-state index contributed by atoms with van der Waals surface area (Å²) in [6.45, 7) is 5.07. The van der Waals surface area contributed by atoms with Gasteiger partial charge in [0.15, 0.2) is 0 Å². The molecule has 3 heterocycles. The van der Waals surface area contributed by atoms with Crippen LogP contribution in [0.25, 0.3) is 11.1 Å². The molecule has 7 aromatic rings. The number of benzene rings is 7. The van der Waals surface area contributed by atoms with Crippen molar-refractivity contribution in [2.24, 2.45) is 0 Å². The largest absolute Gasteiger partial charge is 0.377 e. The van der Waals surface area contributed by atoms with Crippen molar-refractivity contribution in [3.05, 3.63) is 170 Å². The quantitative estimate of drug-likeness (QED) is 0.177. The zero-order valence-electron chi connectivity index (χ0n) is 27.6. The molecule has 232 valence electrons. The van der Waals surface area contributed by atoms with Gasteiger partial charge in [-0.25, -0.2) is 0 Å². The molecule has 0 aliphatic carbocycles. The lowest BCUT2D eigenvalue weighted by Gasteiger charge is -2.51. The van der Waals surface area contributed by atoms with Gasteiger partial charge in [-0.15, -0.1) is 0 Å². The van der Waals surface area contributed by atoms with E-state index in [4.69, 9.17) is 0 Å². The Kier molecular flexibility index (Phi) is 6.12. The third-order valence-electron chi connectivity index (χ3n) is 10.8. The predicted octanol–water partition coefficient (Wildman–Crippen LogP) is 9.00. The summed E-state index contributed by atoms with van der Waals surface area (Å²) in [7, 11) is -2.01. The van der Waals surface area contributed by atoms with Crippen LogP contribution in [-0.2, 0) is 0 Å². The number of hydrogen-bond donors (Lipinski definition) is 0. The standard InChI is InChI=1S/C44H34BN3Si/c1-49(2)41-27-15-14-26-39(41)48-44-35(23-16-28-42(44)49)36-29-34(46(31-17-6-3-7-18-31)32-19-8-4-9-20-32)30-40-43(36)45(48)37-24-12-13-25-38(37)47(40)33-21-10-5-11-22-33/h3-30H,1-2H3. The summed E-state index contributed by atoms with van der Waals surface area (Å²) >= 11 is 0. The van der Waals surface area contributed by atoms with Crippen LogP contribution in [0.4, 0.5) is 45.5 Å². The lowest BCUT2D eigenvalue weighted by atomic mass is 9.43. The van der Waals surface area contributed by atoms with E-state index in [-0.39, 0.29) is 6.85 Å². The second-order valence-corrected chi connectivity index (χ2v) is 18.1. The van der Waals surface area contributed by atoms with Crippen molar-refractivity contribution in [1.29, 1.82) is 0 Å². The molecule has 0 bridgehead atoms. The molecule has 0 saturated heterocycles. The highest BCUT2D eigenvalue weighted by molar-refractivity contribution is 7.05. The maximum absolute atomic E-state index is 2.69. The van der Waals surface area contributed by atoms with Gasteiger partial charge >= 0.3 is 6.85 Å². The zero-order chi connectivity index (χ0) is 32.7. The third kappa shape index (κ3) is 4.03. The van der Waals surface area contributed by atoms with Crippen molar-refractivity contribution in [2.45, 2.75) is 13.1 Å². The van der Waals surface area contributed by atoms with Gasteiger partial charge in [0, 0.05) is 51.1 Å². The van der Waals surface area contributed by atoms with Gasteiger partial charge in [-0.1, -0.05) is 122 Å². The normalized spacial score (nSPS) is 14.4. The van der Waals surface area contributed by atoms with Crippen LogP contribution in [0.15, 0.2) is 170 Å². The van der Waals surface area contributed by atoms with Crippen LogP contribution in [0.3, 0.4) is 0 Å². The van der Waals surface area contributed by atoms with E-state index < -0.39 is 8.07 Å². The molecule has 0 spiro atoms. The highest BCUT2D eigenvalue weighted by atomic mass is 28.3. The molecule has 3 nitrogen and oxygen atoms in total. The molecule has 7 aromatic carbocycles. The molecule has 10 rings (SSSR count). The van der Waals surface area contributed by atoms with Crippen LogP contribution in [-0.4, -0.2) is 14.9 Å². The SMILES string of the molecule is C[Si]1(C)c2ccccc2N2B3c4ccccc4N(c4ccccc4)c4cc(N(c5ccccc5)c5ccccc5)cc(c43)-c3cccc1c32. The Morgan fingerprint density at radius 2 is 1.08 bits per heavy atom. The first kappa shape index (κ1) is 28.3. The summed E-state index contributed by atoms with van der Waals surface area (Å²) < 4.78 is 0. The molecule has 0 aromatic heterocycles. The van der Waals surface area contributed by atoms with Gasteiger partial charge in [-0.3, -0.25) is 0 Å². The fourth-order valence-electron chi connectivity index (χ4n) is 8.65. The molecule has 0 fully saturated rings. The van der Waals surface area contributed by atoms with Crippen molar-refractivity contribution in [3.63, 3.8) is 0 Å². The van der Waals surface area contributed by atoms with Crippen LogP contribution in [0.2, 0.25) is 13.1 Å². The summed E-state index contributed by atoms with van der Waals surface area (Å²) in [5, 5.41) is 3.01. The summed E-state index contributed by atoms with van der Waals surface area (Å²) in [4.78, 5) is 7.59. The van der Waals surface area contributed by atoms with Crippen LogP contribution in [0, 0.1) is 0 Å². The topological polar surface area (TPSA) is 9.72 Å². The highest BCUT2D eigenvalue weighted by Gasteiger charge is 2.50. The molecule has 0 amide bonds. The molecule has 0 radical (unpaired) electrons. The molecule has 3 aliphatic heterocycles. The van der Waals surface area contributed by atoms with Gasteiger partial charge in [-0.05, 0) is 87.5 Å². The molecule has 0 N–H and O–H groups in total. The minimum Gasteiger partial charge on any atom is -0.377 e. The van der Waals surface area contributed by atoms with Crippen molar-refractivity contribution in [1.82, 2.24) is 0 Å². The lowest BCUT2D eigenvalue weighted by molar-refractivity contribution is 1.24. The minimum absolute atomic E-state index is 0.0250. The number of nitrogens with zero attached hydrogens (tertiary/aromatic N) is 3. The van der Waals surface area contributed by atoms with Gasteiger partial charge < -0.3 is 14.6 Å². The number of fused-ring (bicyclic) bond motifs is 6. The first-order valence-corrected chi connectivity index (χ1v) is 20.2. The fourth-order valence-corrected chi connectivity index (χ4v) is 11.7. The molecule has 49 heavy (non-hydrogen) atoms. The third-order valence-corrected chi connectivity index (χ3v) is 14.3. The van der Waals surface area contributed by atoms with Gasteiger partial charge in [-0.2, -0.15) is 0 Å². The Morgan fingerprint density at radius 1 is 0.490 bits per heavy atom. The van der Waals surface area contributed by atoms with Gasteiger partial charge in [0.1, 0.15) is 8.07 Å². The Bertz CT molecular complexity index is 2350. The molecule has 0 unspecified atom stereocenters. The van der Waals surface area contributed by atoms with Gasteiger partial charge in [0.2, 0.25) is 0 Å². The number of para-hydroxylation sites is 6. The van der Waals surface area contributed by atoms with Gasteiger partial charge in [0.25, 0.3) is 0 Å². The van der Waals surface area contributed by atoms with Crippen molar-refractivity contribution < 1.29 is 0 Å². The summed E-state index contributed by atoms with van der Waals surface area (Å²) in [6, 6.07) is 62.7. The first-order valence-electron chi connectivity index (χ1n) is 17.2. The average Bonchev–Trinajstić information content (AvgIpc) is 3.15. The second kappa shape index (κ2) is 10.6. The number of rotatable bonds is 4. The fraction of sp³-hybridized carbons (Fsp3) is 0.0455. The Balaban J connectivity index is 1.35. The van der Waals surface area contributed by atoms with Crippen molar-refractivity contribution in [3.8, 4) is 11.1 Å². The Morgan fingerprint density at radius 3 is 1.80 bits per heavy atom. The Labute approximate surface area is 289 Å². The van der Waals surface area contributed by atoms with Crippen LogP contribution in [0.1, 0.15) is 0 Å². The van der Waals surface area contributed by atoms with E-state index in [1.54, 1.807) is 0 Å². The smallest absolute Gasteiger partial charge is 0.333 e. The monoisotopic (exact) mass is 643 g/mol. The van der Waals surface area contributed by atoms with E-state index in [1.165, 1.54) is 55.2 Å². The van der Waals surface area contributed by atoms with Crippen LogP contribution < -0.4 is 35.9 Å². The molecule has 5 heteroatoms. The zero-order valence-corrected chi connectivity index (χ0v) is 28.6. The maximum Gasteiger partial charge on any atom is 0.333 e. The van der Waals surface area contributed by atoms with E-state index in [1.807, 2.05) is 0 Å². The summed E-state index contributed by atoms with van der Waals surface area (Å²) in [5.41, 5.74) is 15.0. The van der Waals surface area contributed by atoms with Crippen LogP contribution >= 0.6 is 0 Å². The maximum atomic E-state index is 2.69. The summed E-state index contributed by atoms with van der Waals surface area (Å²) in [5.74, 6) is 0. The van der Waals surface area contributed by atoms with Gasteiger partial charge in [0.05, 0.1) is 0 Å². The van der Waals surface area contributed by atoms with E-state index >= 15 is 0 Å². The highest BCUT2D eigenvalue weighted by Crippen LogP contribution is 2.50. The Hall–Kier alpha value is -5.78. The molecule has 0 saturated carbocycles. The van der Waals surface area contributed by atoms with E-state index in [0.717, 1.165) is 22.7 Å². The first-order chi connectivity index (χ1) is 24.1. The van der Waals surface area contributed by atoms with Crippen molar-refractivity contribution in [2.75, 3.05) is 14.6 Å².